The van der Waals surface area contributed by atoms with E-state index in [1.165, 1.54) is 0 Å². The van der Waals surface area contributed by atoms with Gasteiger partial charge in [-0.3, -0.25) is 9.10 Å². The van der Waals surface area contributed by atoms with E-state index in [-0.39, 0.29) is 18.5 Å². The van der Waals surface area contributed by atoms with Crippen molar-refractivity contribution in [1.82, 2.24) is 5.32 Å². The highest BCUT2D eigenvalue weighted by Gasteiger charge is 2.22. The maximum absolute atomic E-state index is 12.4. The second kappa shape index (κ2) is 8.71. The molecule has 140 valence electrons. The van der Waals surface area contributed by atoms with Crippen LogP contribution in [0.1, 0.15) is 25.5 Å². The van der Waals surface area contributed by atoms with Crippen molar-refractivity contribution < 1.29 is 17.9 Å². The molecule has 0 heterocycles. The van der Waals surface area contributed by atoms with E-state index in [4.69, 9.17) is 4.74 Å². The van der Waals surface area contributed by atoms with Crippen molar-refractivity contribution in [2.75, 3.05) is 23.7 Å². The molecule has 2 aromatic rings. The molecule has 6 nitrogen and oxygen atoms in total. The van der Waals surface area contributed by atoms with Crippen molar-refractivity contribution in [3.63, 3.8) is 0 Å². The molecular weight excluding hydrogens is 352 g/mol. The minimum atomic E-state index is -3.61. The third kappa shape index (κ3) is 5.49. The summed E-state index contributed by atoms with van der Waals surface area (Å²) < 4.78 is 30.7. The predicted octanol–water partition coefficient (Wildman–Crippen LogP) is 2.73. The monoisotopic (exact) mass is 376 g/mol. The molecule has 1 atom stereocenters. The third-order valence-electron chi connectivity index (χ3n) is 3.80. The van der Waals surface area contributed by atoms with E-state index in [2.05, 4.69) is 5.32 Å². The molecule has 1 amide bonds. The minimum absolute atomic E-state index is 0.217. The van der Waals surface area contributed by atoms with Crippen LogP contribution in [0, 0.1) is 0 Å². The van der Waals surface area contributed by atoms with Gasteiger partial charge in [-0.2, -0.15) is 0 Å². The van der Waals surface area contributed by atoms with Crippen LogP contribution in [-0.4, -0.2) is 33.7 Å². The molecule has 26 heavy (non-hydrogen) atoms. The van der Waals surface area contributed by atoms with Crippen LogP contribution in [0.25, 0.3) is 0 Å². The molecule has 0 aliphatic heterocycles. The number of nitrogens with one attached hydrogen (secondary N) is 1. The molecule has 2 rings (SSSR count). The van der Waals surface area contributed by atoms with Gasteiger partial charge < -0.3 is 10.1 Å². The highest BCUT2D eigenvalue weighted by Crippen LogP contribution is 2.21. The van der Waals surface area contributed by atoms with Gasteiger partial charge in [0, 0.05) is 0 Å². The van der Waals surface area contributed by atoms with Gasteiger partial charge in [-0.05, 0) is 43.7 Å². The van der Waals surface area contributed by atoms with Gasteiger partial charge in [0.15, 0.2) is 0 Å². The highest BCUT2D eigenvalue weighted by atomic mass is 32.2. The summed E-state index contributed by atoms with van der Waals surface area (Å²) in [4.78, 5) is 12.4. The summed E-state index contributed by atoms with van der Waals surface area (Å²) in [7, 11) is -3.61. The lowest BCUT2D eigenvalue weighted by molar-refractivity contribution is -0.120. The Morgan fingerprint density at radius 3 is 2.27 bits per heavy atom. The Morgan fingerprint density at radius 1 is 1.12 bits per heavy atom. The van der Waals surface area contributed by atoms with Crippen molar-refractivity contribution in [3.05, 3.63) is 60.2 Å². The fourth-order valence-corrected chi connectivity index (χ4v) is 3.37. The molecule has 7 heteroatoms. The predicted molar refractivity (Wildman–Crippen MR) is 103 cm³/mol. The second-order valence-corrected chi connectivity index (χ2v) is 7.80. The Morgan fingerprint density at radius 2 is 1.73 bits per heavy atom. The van der Waals surface area contributed by atoms with Crippen molar-refractivity contribution in [2.24, 2.45) is 0 Å². The van der Waals surface area contributed by atoms with Crippen LogP contribution in [0.2, 0.25) is 0 Å². The zero-order chi connectivity index (χ0) is 19.2. The molecule has 0 spiro atoms. The maximum Gasteiger partial charge on any atom is 0.241 e. The number of hydrogen-bond acceptors (Lipinski definition) is 4. The van der Waals surface area contributed by atoms with Crippen LogP contribution in [0.4, 0.5) is 5.69 Å². The number of rotatable bonds is 8. The highest BCUT2D eigenvalue weighted by molar-refractivity contribution is 7.92. The molecule has 0 fully saturated rings. The summed E-state index contributed by atoms with van der Waals surface area (Å²) in [6.45, 7) is 3.96. The lowest BCUT2D eigenvalue weighted by Gasteiger charge is -2.23. The summed E-state index contributed by atoms with van der Waals surface area (Å²) in [6, 6.07) is 15.9. The van der Waals surface area contributed by atoms with E-state index in [1.807, 2.05) is 44.2 Å². The van der Waals surface area contributed by atoms with Crippen molar-refractivity contribution in [3.8, 4) is 5.75 Å². The summed E-state index contributed by atoms with van der Waals surface area (Å²) in [5.74, 6) is 0.271. The van der Waals surface area contributed by atoms with Gasteiger partial charge >= 0.3 is 0 Å². The Bertz CT molecular complexity index is 820. The van der Waals surface area contributed by atoms with E-state index in [9.17, 15) is 13.2 Å². The van der Waals surface area contributed by atoms with Gasteiger partial charge in [-0.25, -0.2) is 8.42 Å². The number of sulfonamides is 1. The fourth-order valence-electron chi connectivity index (χ4n) is 2.52. The zero-order valence-corrected chi connectivity index (χ0v) is 16.0. The quantitative estimate of drug-likeness (QED) is 0.769. The molecule has 0 radical (unpaired) electrons. The van der Waals surface area contributed by atoms with Gasteiger partial charge in [0.1, 0.15) is 12.3 Å². The van der Waals surface area contributed by atoms with Gasteiger partial charge in [-0.1, -0.05) is 30.3 Å². The number of hydrogen-bond donors (Lipinski definition) is 1. The number of benzene rings is 2. The van der Waals surface area contributed by atoms with Gasteiger partial charge in [0.25, 0.3) is 0 Å². The summed E-state index contributed by atoms with van der Waals surface area (Å²) in [5.41, 5.74) is 1.37. The van der Waals surface area contributed by atoms with Crippen molar-refractivity contribution in [1.29, 1.82) is 0 Å². The molecule has 0 saturated heterocycles. The number of carbonyl (C=O) groups is 1. The number of nitrogens with zero attached hydrogens (tertiary/aromatic N) is 1. The Hall–Kier alpha value is -2.54. The second-order valence-electron chi connectivity index (χ2n) is 5.90. The van der Waals surface area contributed by atoms with E-state index in [0.29, 0.717) is 18.0 Å². The lowest BCUT2D eigenvalue weighted by Crippen LogP contribution is -2.41. The maximum atomic E-state index is 12.4. The average molecular weight is 376 g/mol. The number of carbonyl (C=O) groups excluding carboxylic acids is 1. The van der Waals surface area contributed by atoms with Crippen molar-refractivity contribution in [2.45, 2.75) is 19.9 Å². The lowest BCUT2D eigenvalue weighted by atomic mass is 10.1. The van der Waals surface area contributed by atoms with E-state index >= 15 is 0 Å². The van der Waals surface area contributed by atoms with E-state index < -0.39 is 10.0 Å². The van der Waals surface area contributed by atoms with Crippen LogP contribution in [-0.2, 0) is 14.8 Å². The van der Waals surface area contributed by atoms with E-state index in [1.54, 1.807) is 24.3 Å². The number of anilines is 1. The summed E-state index contributed by atoms with van der Waals surface area (Å²) in [5, 5.41) is 2.83. The average Bonchev–Trinajstić information content (AvgIpc) is 2.60. The molecule has 1 unspecified atom stereocenters. The van der Waals surface area contributed by atoms with Crippen LogP contribution in [0.5, 0.6) is 5.75 Å². The first kappa shape index (κ1) is 19.8. The Labute approximate surface area is 154 Å². The molecule has 0 bridgehead atoms. The van der Waals surface area contributed by atoms with Crippen LogP contribution in [0.3, 0.4) is 0 Å². The van der Waals surface area contributed by atoms with E-state index in [0.717, 1.165) is 16.1 Å². The Kier molecular flexibility index (Phi) is 6.63. The topological polar surface area (TPSA) is 75.7 Å². The molecule has 0 aliphatic rings. The third-order valence-corrected chi connectivity index (χ3v) is 4.94. The first-order valence-electron chi connectivity index (χ1n) is 8.36. The molecular formula is C19H24N2O4S. The van der Waals surface area contributed by atoms with Crippen LogP contribution in [0.15, 0.2) is 54.6 Å². The summed E-state index contributed by atoms with van der Waals surface area (Å²) >= 11 is 0. The minimum Gasteiger partial charge on any atom is -0.494 e. The fraction of sp³-hybridized carbons (Fsp3) is 0.316. The number of amides is 1. The van der Waals surface area contributed by atoms with Crippen molar-refractivity contribution >= 4 is 21.6 Å². The van der Waals surface area contributed by atoms with Gasteiger partial charge in [0.05, 0.1) is 24.6 Å². The molecule has 1 N–H and O–H groups in total. The van der Waals surface area contributed by atoms with Gasteiger partial charge in [-0.15, -0.1) is 0 Å². The smallest absolute Gasteiger partial charge is 0.241 e. The number of ether oxygens (including phenoxy) is 1. The van der Waals surface area contributed by atoms with Gasteiger partial charge in [0.2, 0.25) is 15.9 Å². The SMILES string of the molecule is CCOc1ccc(N(CC(=O)NC(C)c2ccccc2)S(C)(=O)=O)cc1. The molecule has 2 aromatic carbocycles. The molecule has 0 aromatic heterocycles. The normalized spacial score (nSPS) is 12.3. The standard InChI is InChI=1S/C19H24N2O4S/c1-4-25-18-12-10-17(11-13-18)21(26(3,23)24)14-19(22)20-15(2)16-8-6-5-7-9-16/h5-13,15H,4,14H2,1-3H3,(H,20,22). The molecule has 0 saturated carbocycles. The van der Waals surface area contributed by atoms with Crippen LogP contribution >= 0.6 is 0 Å². The van der Waals surface area contributed by atoms with Crippen LogP contribution < -0.4 is 14.4 Å². The first-order valence-corrected chi connectivity index (χ1v) is 10.2. The Balaban J connectivity index is 2.11. The first-order chi connectivity index (χ1) is 12.3. The summed E-state index contributed by atoms with van der Waals surface area (Å²) in [6.07, 6.45) is 1.08. The largest absolute Gasteiger partial charge is 0.494 e. The zero-order valence-electron chi connectivity index (χ0n) is 15.2. The molecule has 0 aliphatic carbocycles.